The fourth-order valence-corrected chi connectivity index (χ4v) is 3.28. The molecule has 5 rings (SSSR count). The number of hydrogen-bond acceptors (Lipinski definition) is 2. The van der Waals surface area contributed by atoms with E-state index in [-0.39, 0.29) is 0 Å². The summed E-state index contributed by atoms with van der Waals surface area (Å²) in [7, 11) is 0. The van der Waals surface area contributed by atoms with Crippen LogP contribution < -0.4 is 0 Å². The lowest BCUT2D eigenvalue weighted by atomic mass is 9.78. The van der Waals surface area contributed by atoms with Crippen molar-refractivity contribution in [2.24, 2.45) is 0 Å². The van der Waals surface area contributed by atoms with Gasteiger partial charge in [-0.1, -0.05) is 78.9 Å². The second-order valence-corrected chi connectivity index (χ2v) is 6.89. The van der Waals surface area contributed by atoms with E-state index >= 15 is 0 Å². The minimum absolute atomic E-state index is 0.331. The zero-order valence-corrected chi connectivity index (χ0v) is 17.0. The first kappa shape index (κ1) is 21.5. The van der Waals surface area contributed by atoms with Crippen LogP contribution in [0.25, 0.3) is 22.3 Å². The van der Waals surface area contributed by atoms with Gasteiger partial charge in [-0.25, -0.2) is 9.59 Å². The Kier molecular flexibility index (Phi) is 6.97. The maximum atomic E-state index is 10.2. The van der Waals surface area contributed by atoms with Crippen LogP contribution in [0, 0.1) is 6.92 Å². The van der Waals surface area contributed by atoms with E-state index in [9.17, 15) is 9.59 Å². The smallest absolute Gasteiger partial charge is 0.335 e. The number of aryl methyl sites for hydroxylation is 1. The Morgan fingerprint density at radius 2 is 0.935 bits per heavy atom. The van der Waals surface area contributed by atoms with Gasteiger partial charge in [-0.3, -0.25) is 0 Å². The van der Waals surface area contributed by atoms with Crippen molar-refractivity contribution in [1.82, 2.24) is 0 Å². The zero-order chi connectivity index (χ0) is 22.2. The molecule has 4 heteroatoms. The van der Waals surface area contributed by atoms with Crippen LogP contribution in [0.1, 0.15) is 26.3 Å². The molecule has 4 nitrogen and oxygen atoms in total. The van der Waals surface area contributed by atoms with Crippen molar-refractivity contribution < 1.29 is 19.8 Å². The highest BCUT2D eigenvalue weighted by Gasteiger charge is 2.22. The van der Waals surface area contributed by atoms with Crippen molar-refractivity contribution in [2.45, 2.75) is 6.92 Å². The minimum atomic E-state index is -0.879. The Balaban J connectivity index is 0.000000136. The first-order valence-corrected chi connectivity index (χ1v) is 9.75. The number of carboxylic acids is 2. The molecule has 0 spiro atoms. The van der Waals surface area contributed by atoms with E-state index in [4.69, 9.17) is 10.2 Å². The van der Waals surface area contributed by atoms with Crippen LogP contribution in [-0.4, -0.2) is 22.2 Å². The number of benzene rings is 4. The molecule has 0 aromatic heterocycles. The highest BCUT2D eigenvalue weighted by molar-refractivity contribution is 6.03. The van der Waals surface area contributed by atoms with Gasteiger partial charge in [-0.05, 0) is 59.0 Å². The standard InChI is InChI=1S/C13H10.2C7H6O2/c1-9-5-4-8-12-10-6-2-3-7-11(10)13(9)12;2*8-7(9)6-4-2-1-3-5-6/h2-8H,1H3;2*1-5H,(H,8,9). The number of carboxylic acid groups (broad SMARTS) is 2. The molecule has 0 saturated carbocycles. The predicted molar refractivity (Wildman–Crippen MR) is 122 cm³/mol. The van der Waals surface area contributed by atoms with Gasteiger partial charge < -0.3 is 10.2 Å². The quantitative estimate of drug-likeness (QED) is 0.352. The Bertz CT molecular complexity index is 1130. The Labute approximate surface area is 181 Å². The first-order chi connectivity index (χ1) is 15.0. The van der Waals surface area contributed by atoms with Crippen LogP contribution in [-0.2, 0) is 0 Å². The van der Waals surface area contributed by atoms with Crippen LogP contribution in [0.3, 0.4) is 0 Å². The third-order valence-electron chi connectivity index (χ3n) is 4.80. The van der Waals surface area contributed by atoms with Gasteiger partial charge in [0.2, 0.25) is 0 Å². The summed E-state index contributed by atoms with van der Waals surface area (Å²) in [5.74, 6) is -1.76. The summed E-state index contributed by atoms with van der Waals surface area (Å²) in [6.45, 7) is 2.18. The molecule has 0 heterocycles. The predicted octanol–water partition coefficient (Wildman–Crippen LogP) is 6.41. The molecule has 4 aromatic carbocycles. The number of carbonyl (C=O) groups is 2. The highest BCUT2D eigenvalue weighted by Crippen LogP contribution is 2.48. The summed E-state index contributed by atoms with van der Waals surface area (Å²) in [5.41, 5.74) is 7.72. The molecule has 0 unspecified atom stereocenters. The van der Waals surface area contributed by atoms with Gasteiger partial charge in [0.25, 0.3) is 0 Å². The molecule has 0 radical (unpaired) electrons. The number of hydrogen-bond donors (Lipinski definition) is 2. The van der Waals surface area contributed by atoms with Crippen LogP contribution in [0.4, 0.5) is 0 Å². The molecular weight excluding hydrogens is 388 g/mol. The second kappa shape index (κ2) is 10.0. The Hall–Kier alpha value is -4.18. The van der Waals surface area contributed by atoms with Gasteiger partial charge >= 0.3 is 11.9 Å². The minimum Gasteiger partial charge on any atom is -0.478 e. The van der Waals surface area contributed by atoms with E-state index < -0.39 is 11.9 Å². The third kappa shape index (κ3) is 5.25. The lowest BCUT2D eigenvalue weighted by Gasteiger charge is -2.25. The van der Waals surface area contributed by atoms with Gasteiger partial charge in [-0.15, -0.1) is 0 Å². The van der Waals surface area contributed by atoms with Crippen LogP contribution >= 0.6 is 0 Å². The van der Waals surface area contributed by atoms with Crippen LogP contribution in [0.2, 0.25) is 0 Å². The van der Waals surface area contributed by atoms with Crippen molar-refractivity contribution in [3.63, 3.8) is 0 Å². The van der Waals surface area contributed by atoms with Crippen molar-refractivity contribution in [1.29, 1.82) is 0 Å². The molecule has 31 heavy (non-hydrogen) atoms. The molecule has 0 saturated heterocycles. The van der Waals surface area contributed by atoms with Gasteiger partial charge in [0.1, 0.15) is 0 Å². The van der Waals surface area contributed by atoms with Crippen molar-refractivity contribution >= 4 is 11.9 Å². The van der Waals surface area contributed by atoms with E-state index in [1.165, 1.54) is 27.8 Å². The van der Waals surface area contributed by atoms with E-state index in [2.05, 4.69) is 49.4 Å². The average Bonchev–Trinajstić information content (AvgIpc) is 2.79. The molecular formula is C27H22O4. The monoisotopic (exact) mass is 410 g/mol. The molecule has 0 aliphatic heterocycles. The average molecular weight is 410 g/mol. The lowest BCUT2D eigenvalue weighted by molar-refractivity contribution is 0.0686. The zero-order valence-electron chi connectivity index (χ0n) is 17.0. The fourth-order valence-electron chi connectivity index (χ4n) is 3.28. The molecule has 1 aliphatic carbocycles. The van der Waals surface area contributed by atoms with Crippen molar-refractivity contribution in [2.75, 3.05) is 0 Å². The maximum absolute atomic E-state index is 10.2. The van der Waals surface area contributed by atoms with Crippen LogP contribution in [0.15, 0.2) is 103 Å². The van der Waals surface area contributed by atoms with Gasteiger partial charge in [0, 0.05) is 0 Å². The summed E-state index contributed by atoms with van der Waals surface area (Å²) >= 11 is 0. The van der Waals surface area contributed by atoms with Gasteiger partial charge in [0.05, 0.1) is 11.1 Å². The lowest BCUT2D eigenvalue weighted by Crippen LogP contribution is -1.99. The number of aromatic carboxylic acids is 2. The molecule has 0 bridgehead atoms. The summed E-state index contributed by atoms with van der Waals surface area (Å²) in [6.07, 6.45) is 0. The van der Waals surface area contributed by atoms with E-state index in [1.807, 2.05) is 0 Å². The molecule has 2 N–H and O–H groups in total. The van der Waals surface area contributed by atoms with E-state index in [0.717, 1.165) is 0 Å². The fraction of sp³-hybridized carbons (Fsp3) is 0.0370. The number of rotatable bonds is 2. The molecule has 1 aliphatic rings. The molecule has 4 aromatic rings. The highest BCUT2D eigenvalue weighted by atomic mass is 16.4. The Morgan fingerprint density at radius 1 is 0.516 bits per heavy atom. The third-order valence-corrected chi connectivity index (χ3v) is 4.80. The summed E-state index contributed by atoms with van der Waals surface area (Å²) in [4.78, 5) is 20.4. The topological polar surface area (TPSA) is 74.6 Å². The summed E-state index contributed by atoms with van der Waals surface area (Å²) in [5, 5.41) is 16.8. The summed E-state index contributed by atoms with van der Waals surface area (Å²) < 4.78 is 0. The van der Waals surface area contributed by atoms with E-state index in [1.54, 1.807) is 60.7 Å². The Morgan fingerprint density at radius 3 is 1.39 bits per heavy atom. The first-order valence-electron chi connectivity index (χ1n) is 9.75. The largest absolute Gasteiger partial charge is 0.478 e. The van der Waals surface area contributed by atoms with Gasteiger partial charge in [0.15, 0.2) is 0 Å². The van der Waals surface area contributed by atoms with Crippen LogP contribution in [0.5, 0.6) is 0 Å². The molecule has 0 amide bonds. The van der Waals surface area contributed by atoms with Crippen molar-refractivity contribution in [3.8, 4) is 22.3 Å². The normalized spacial score (nSPS) is 9.97. The van der Waals surface area contributed by atoms with Gasteiger partial charge in [-0.2, -0.15) is 0 Å². The molecule has 154 valence electrons. The summed E-state index contributed by atoms with van der Waals surface area (Å²) in [6, 6.07) is 31.7. The second-order valence-electron chi connectivity index (χ2n) is 6.89. The molecule has 0 atom stereocenters. The van der Waals surface area contributed by atoms with E-state index in [0.29, 0.717) is 11.1 Å². The molecule has 0 fully saturated rings. The van der Waals surface area contributed by atoms with Crippen molar-refractivity contribution in [3.05, 3.63) is 120 Å². The number of fused-ring (bicyclic) bond motifs is 4. The SMILES string of the molecule is Cc1cccc2c1-c1ccccc1-2.O=C(O)c1ccccc1.O=C(O)c1ccccc1. The maximum Gasteiger partial charge on any atom is 0.335 e.